The van der Waals surface area contributed by atoms with Gasteiger partial charge in [0.15, 0.2) is 0 Å². The molecule has 0 spiro atoms. The summed E-state index contributed by atoms with van der Waals surface area (Å²) in [6, 6.07) is 0. The molecule has 1 heterocycles. The molecule has 0 aromatic carbocycles. The fourth-order valence-corrected chi connectivity index (χ4v) is 2.75. The zero-order chi connectivity index (χ0) is 14.6. The van der Waals surface area contributed by atoms with E-state index >= 15 is 0 Å². The second-order valence-corrected chi connectivity index (χ2v) is 6.20. The van der Waals surface area contributed by atoms with Crippen molar-refractivity contribution in [1.82, 2.24) is 9.97 Å². The van der Waals surface area contributed by atoms with Crippen LogP contribution >= 0.6 is 0 Å². The molecular formula is C16H28N4. The summed E-state index contributed by atoms with van der Waals surface area (Å²) in [6.07, 6.45) is 6.46. The minimum Gasteiger partial charge on any atom is -0.370 e. The van der Waals surface area contributed by atoms with E-state index in [4.69, 9.17) is 0 Å². The van der Waals surface area contributed by atoms with Gasteiger partial charge in [-0.2, -0.15) is 0 Å². The van der Waals surface area contributed by atoms with Gasteiger partial charge in [0.2, 0.25) is 0 Å². The monoisotopic (exact) mass is 276 g/mol. The lowest BCUT2D eigenvalue weighted by Gasteiger charge is -2.22. The molecular weight excluding hydrogens is 248 g/mol. The van der Waals surface area contributed by atoms with E-state index in [2.05, 4.69) is 48.3 Å². The van der Waals surface area contributed by atoms with Gasteiger partial charge in [-0.1, -0.05) is 27.2 Å². The van der Waals surface area contributed by atoms with Crippen LogP contribution in [0.4, 0.5) is 11.6 Å². The van der Waals surface area contributed by atoms with Crippen LogP contribution in [0.1, 0.15) is 52.5 Å². The standard InChI is InChI=1S/C16H28N4/c1-5-7-13-14(17-6-2)19-11-20-15(13)18-10-16(8-9-16)12(3)4/h11-12H,5-10H2,1-4H3,(H2,17,18,19,20). The largest absolute Gasteiger partial charge is 0.370 e. The van der Waals surface area contributed by atoms with Gasteiger partial charge < -0.3 is 10.6 Å². The first-order valence-corrected chi connectivity index (χ1v) is 7.94. The smallest absolute Gasteiger partial charge is 0.134 e. The van der Waals surface area contributed by atoms with E-state index in [0.29, 0.717) is 5.41 Å². The van der Waals surface area contributed by atoms with Crippen LogP contribution in [0.15, 0.2) is 6.33 Å². The van der Waals surface area contributed by atoms with Gasteiger partial charge in [0.1, 0.15) is 18.0 Å². The Morgan fingerprint density at radius 1 is 1.15 bits per heavy atom. The van der Waals surface area contributed by atoms with Crippen LogP contribution in [0, 0.1) is 11.3 Å². The highest BCUT2D eigenvalue weighted by molar-refractivity contribution is 5.57. The molecule has 4 nitrogen and oxygen atoms in total. The fourth-order valence-electron chi connectivity index (χ4n) is 2.75. The number of anilines is 2. The third kappa shape index (κ3) is 3.22. The maximum Gasteiger partial charge on any atom is 0.134 e. The first kappa shape index (κ1) is 15.1. The summed E-state index contributed by atoms with van der Waals surface area (Å²) in [4.78, 5) is 8.85. The Labute approximate surface area is 122 Å². The number of aromatic nitrogens is 2. The molecule has 0 saturated heterocycles. The van der Waals surface area contributed by atoms with Crippen molar-refractivity contribution in [3.05, 3.63) is 11.9 Å². The van der Waals surface area contributed by atoms with Gasteiger partial charge in [0.05, 0.1) is 0 Å². The minimum atomic E-state index is 0.493. The van der Waals surface area contributed by atoms with Gasteiger partial charge >= 0.3 is 0 Å². The number of hydrogen-bond acceptors (Lipinski definition) is 4. The van der Waals surface area contributed by atoms with Gasteiger partial charge in [0.25, 0.3) is 0 Å². The predicted molar refractivity (Wildman–Crippen MR) is 85.2 cm³/mol. The van der Waals surface area contributed by atoms with Crippen molar-refractivity contribution in [1.29, 1.82) is 0 Å². The van der Waals surface area contributed by atoms with E-state index in [1.54, 1.807) is 6.33 Å². The maximum atomic E-state index is 4.47. The molecule has 20 heavy (non-hydrogen) atoms. The fraction of sp³-hybridized carbons (Fsp3) is 0.750. The number of rotatable bonds is 8. The Morgan fingerprint density at radius 3 is 2.30 bits per heavy atom. The Bertz CT molecular complexity index is 438. The number of hydrogen-bond donors (Lipinski definition) is 2. The molecule has 1 fully saturated rings. The van der Waals surface area contributed by atoms with Crippen LogP contribution in [0.25, 0.3) is 0 Å². The topological polar surface area (TPSA) is 49.8 Å². The predicted octanol–water partition coefficient (Wildman–Crippen LogP) is 3.71. The molecule has 2 N–H and O–H groups in total. The van der Waals surface area contributed by atoms with Crippen molar-refractivity contribution in [3.8, 4) is 0 Å². The van der Waals surface area contributed by atoms with E-state index in [0.717, 1.165) is 43.5 Å². The molecule has 0 radical (unpaired) electrons. The molecule has 1 aliphatic rings. The first-order chi connectivity index (χ1) is 9.63. The summed E-state index contributed by atoms with van der Waals surface area (Å²) < 4.78 is 0. The Morgan fingerprint density at radius 2 is 1.80 bits per heavy atom. The number of nitrogens with zero attached hydrogens (tertiary/aromatic N) is 2. The second-order valence-electron chi connectivity index (χ2n) is 6.20. The highest BCUT2D eigenvalue weighted by Gasteiger charge is 2.45. The molecule has 0 amide bonds. The van der Waals surface area contributed by atoms with E-state index in [1.165, 1.54) is 18.4 Å². The molecule has 0 unspecified atom stereocenters. The average Bonchev–Trinajstić information content (AvgIpc) is 3.21. The summed E-state index contributed by atoms with van der Waals surface area (Å²) in [5.41, 5.74) is 1.73. The van der Waals surface area contributed by atoms with Gasteiger partial charge in [-0.15, -0.1) is 0 Å². The van der Waals surface area contributed by atoms with Crippen LogP contribution < -0.4 is 10.6 Å². The Balaban J connectivity index is 2.12. The summed E-state index contributed by atoms with van der Waals surface area (Å²) in [7, 11) is 0. The lowest BCUT2D eigenvalue weighted by Crippen LogP contribution is -2.22. The molecule has 1 aromatic heterocycles. The molecule has 0 aliphatic heterocycles. The van der Waals surface area contributed by atoms with Crippen molar-refractivity contribution >= 4 is 11.6 Å². The molecule has 0 atom stereocenters. The highest BCUT2D eigenvalue weighted by Crippen LogP contribution is 2.51. The average molecular weight is 276 g/mol. The second kappa shape index (κ2) is 6.42. The molecule has 4 heteroatoms. The van der Waals surface area contributed by atoms with Crippen LogP contribution in [-0.2, 0) is 6.42 Å². The summed E-state index contributed by atoms with van der Waals surface area (Å²) in [5.74, 6) is 2.74. The van der Waals surface area contributed by atoms with E-state index in [-0.39, 0.29) is 0 Å². The third-order valence-corrected chi connectivity index (χ3v) is 4.51. The van der Waals surface area contributed by atoms with Crippen LogP contribution in [0.3, 0.4) is 0 Å². The van der Waals surface area contributed by atoms with Crippen molar-refractivity contribution in [2.45, 2.75) is 53.4 Å². The molecule has 1 saturated carbocycles. The summed E-state index contributed by atoms with van der Waals surface area (Å²) in [6.45, 7) is 10.9. The quantitative estimate of drug-likeness (QED) is 0.760. The lowest BCUT2D eigenvalue weighted by atomic mass is 9.92. The summed E-state index contributed by atoms with van der Waals surface area (Å²) in [5, 5.41) is 6.94. The zero-order valence-corrected chi connectivity index (χ0v) is 13.3. The zero-order valence-electron chi connectivity index (χ0n) is 13.3. The van der Waals surface area contributed by atoms with Gasteiger partial charge in [0, 0.05) is 18.7 Å². The Hall–Kier alpha value is -1.32. The van der Waals surface area contributed by atoms with Crippen molar-refractivity contribution in [3.63, 3.8) is 0 Å². The minimum absolute atomic E-state index is 0.493. The first-order valence-electron chi connectivity index (χ1n) is 7.94. The van der Waals surface area contributed by atoms with Crippen molar-refractivity contribution < 1.29 is 0 Å². The van der Waals surface area contributed by atoms with Gasteiger partial charge in [-0.3, -0.25) is 0 Å². The Kier molecular flexibility index (Phi) is 4.84. The molecule has 1 aromatic rings. The van der Waals surface area contributed by atoms with Crippen LogP contribution in [0.2, 0.25) is 0 Å². The van der Waals surface area contributed by atoms with Gasteiger partial charge in [-0.25, -0.2) is 9.97 Å². The van der Waals surface area contributed by atoms with E-state index < -0.39 is 0 Å². The number of nitrogens with one attached hydrogen (secondary N) is 2. The maximum absolute atomic E-state index is 4.47. The van der Waals surface area contributed by atoms with Crippen LogP contribution in [0.5, 0.6) is 0 Å². The SMILES string of the molecule is CCCc1c(NCC)ncnc1NCC1(C(C)C)CC1. The third-order valence-electron chi connectivity index (χ3n) is 4.51. The molecule has 0 bridgehead atoms. The lowest BCUT2D eigenvalue weighted by molar-refractivity contribution is 0.379. The van der Waals surface area contributed by atoms with Gasteiger partial charge in [-0.05, 0) is 37.5 Å². The summed E-state index contributed by atoms with van der Waals surface area (Å²) >= 11 is 0. The normalized spacial score (nSPS) is 16.2. The van der Waals surface area contributed by atoms with E-state index in [9.17, 15) is 0 Å². The van der Waals surface area contributed by atoms with E-state index in [1.807, 2.05) is 0 Å². The molecule has 2 rings (SSSR count). The molecule has 112 valence electrons. The molecule has 1 aliphatic carbocycles. The highest BCUT2D eigenvalue weighted by atomic mass is 15.1. The van der Waals surface area contributed by atoms with Crippen molar-refractivity contribution in [2.75, 3.05) is 23.7 Å². The van der Waals surface area contributed by atoms with Crippen molar-refractivity contribution in [2.24, 2.45) is 11.3 Å². The van der Waals surface area contributed by atoms with Crippen LogP contribution in [-0.4, -0.2) is 23.1 Å².